The molecule has 146 valence electrons. The molecule has 0 radical (unpaired) electrons. The number of anilines is 1. The summed E-state index contributed by atoms with van der Waals surface area (Å²) in [5.41, 5.74) is 7.18. The molecule has 0 amide bonds. The van der Waals surface area contributed by atoms with Crippen LogP contribution >= 0.6 is 0 Å². The molecule has 2 aromatic rings. The highest BCUT2D eigenvalue weighted by Gasteiger charge is 2.40. The van der Waals surface area contributed by atoms with Crippen molar-refractivity contribution in [3.05, 3.63) is 60.2 Å². The first-order chi connectivity index (χ1) is 12.7. The van der Waals surface area contributed by atoms with E-state index in [0.717, 1.165) is 11.3 Å². The van der Waals surface area contributed by atoms with Gasteiger partial charge in [0.1, 0.15) is 0 Å². The number of nitrogens with two attached hydrogens (primary N) is 1. The second-order valence-corrected chi connectivity index (χ2v) is 11.5. The molecule has 1 aliphatic rings. The molecule has 8 heteroatoms. The molecule has 1 aliphatic heterocycles. The van der Waals surface area contributed by atoms with Crippen molar-refractivity contribution in [1.82, 2.24) is 0 Å². The van der Waals surface area contributed by atoms with Crippen molar-refractivity contribution in [3.8, 4) is 0 Å². The van der Waals surface area contributed by atoms with Crippen molar-refractivity contribution < 1.29 is 16.8 Å². The van der Waals surface area contributed by atoms with Gasteiger partial charge in [-0.25, -0.2) is 16.8 Å². The van der Waals surface area contributed by atoms with Gasteiger partial charge in [-0.15, -0.1) is 0 Å². The molecular formula is C19H24N2O4S2. The van der Waals surface area contributed by atoms with Gasteiger partial charge in [-0.3, -0.25) is 0 Å². The normalized spacial score (nSPS) is 21.2. The van der Waals surface area contributed by atoms with E-state index in [0.29, 0.717) is 0 Å². The van der Waals surface area contributed by atoms with E-state index in [1.807, 2.05) is 35.2 Å². The molecular weight excluding hydrogens is 384 g/mol. The van der Waals surface area contributed by atoms with E-state index >= 15 is 0 Å². The Balaban J connectivity index is 1.99. The molecule has 6 nitrogen and oxygen atoms in total. The van der Waals surface area contributed by atoms with Gasteiger partial charge in [0.05, 0.1) is 15.4 Å². The highest BCUT2D eigenvalue weighted by molar-refractivity contribution is 7.92. The Labute approximate surface area is 160 Å². The number of piperidine rings is 1. The van der Waals surface area contributed by atoms with Gasteiger partial charge < -0.3 is 10.6 Å². The molecule has 1 fully saturated rings. The summed E-state index contributed by atoms with van der Waals surface area (Å²) in [5.74, 6) is 0. The molecule has 1 saturated heterocycles. The third kappa shape index (κ3) is 4.34. The Bertz CT molecular complexity index is 1010. The number of benzene rings is 2. The first kappa shape index (κ1) is 19.9. The second kappa shape index (κ2) is 7.61. The summed E-state index contributed by atoms with van der Waals surface area (Å²) in [4.78, 5) is 2.04. The number of rotatable bonds is 5. The van der Waals surface area contributed by atoms with Crippen molar-refractivity contribution in [3.63, 3.8) is 0 Å². The maximum atomic E-state index is 13.2. The molecule has 0 bridgehead atoms. The van der Waals surface area contributed by atoms with E-state index in [9.17, 15) is 16.8 Å². The van der Waals surface area contributed by atoms with Gasteiger partial charge in [-0.05, 0) is 36.2 Å². The summed E-state index contributed by atoms with van der Waals surface area (Å²) >= 11 is 0. The predicted molar refractivity (Wildman–Crippen MR) is 107 cm³/mol. The summed E-state index contributed by atoms with van der Waals surface area (Å²) in [6, 6.07) is 15.9. The smallest absolute Gasteiger partial charge is 0.183 e. The summed E-state index contributed by atoms with van der Waals surface area (Å²) in [5, 5.41) is -1.54. The SMILES string of the molecule is CS(=O)(=O)[C@@H]1C[C@@H](S(=O)(=O)c2cccc(CN)c2)CN(c2ccccc2)C1. The van der Waals surface area contributed by atoms with Gasteiger partial charge in [0.25, 0.3) is 0 Å². The molecule has 2 N–H and O–H groups in total. The van der Waals surface area contributed by atoms with Gasteiger partial charge in [0.15, 0.2) is 19.7 Å². The number of hydrogen-bond donors (Lipinski definition) is 1. The van der Waals surface area contributed by atoms with Crippen molar-refractivity contribution in [2.24, 2.45) is 5.73 Å². The van der Waals surface area contributed by atoms with E-state index < -0.39 is 30.2 Å². The van der Waals surface area contributed by atoms with E-state index in [4.69, 9.17) is 5.73 Å². The van der Waals surface area contributed by atoms with Crippen LogP contribution in [0.15, 0.2) is 59.5 Å². The molecule has 2 atom stereocenters. The Morgan fingerprint density at radius 2 is 1.63 bits per heavy atom. The van der Waals surface area contributed by atoms with Crippen LogP contribution in [0.3, 0.4) is 0 Å². The van der Waals surface area contributed by atoms with E-state index in [1.165, 1.54) is 6.26 Å². The van der Waals surface area contributed by atoms with Crippen molar-refractivity contribution in [1.29, 1.82) is 0 Å². The average molecular weight is 409 g/mol. The lowest BCUT2D eigenvalue weighted by Crippen LogP contribution is -2.51. The van der Waals surface area contributed by atoms with Crippen molar-refractivity contribution >= 4 is 25.4 Å². The van der Waals surface area contributed by atoms with Crippen LogP contribution in [-0.4, -0.2) is 46.7 Å². The molecule has 0 spiro atoms. The highest BCUT2D eigenvalue weighted by atomic mass is 32.2. The first-order valence-electron chi connectivity index (χ1n) is 8.73. The van der Waals surface area contributed by atoms with Gasteiger partial charge >= 0.3 is 0 Å². The lowest BCUT2D eigenvalue weighted by atomic mass is 10.1. The minimum absolute atomic E-state index is 0.0946. The third-order valence-electron chi connectivity index (χ3n) is 5.00. The molecule has 1 heterocycles. The highest BCUT2D eigenvalue weighted by Crippen LogP contribution is 2.30. The lowest BCUT2D eigenvalue weighted by molar-refractivity contribution is 0.516. The van der Waals surface area contributed by atoms with Crippen LogP contribution in [-0.2, 0) is 26.2 Å². The number of sulfone groups is 2. The van der Waals surface area contributed by atoms with Crippen LogP contribution in [0.4, 0.5) is 5.69 Å². The Morgan fingerprint density at radius 1 is 0.963 bits per heavy atom. The van der Waals surface area contributed by atoms with Crippen LogP contribution < -0.4 is 10.6 Å². The van der Waals surface area contributed by atoms with Gasteiger partial charge in [-0.1, -0.05) is 30.3 Å². The molecule has 0 aliphatic carbocycles. The Morgan fingerprint density at radius 3 is 2.26 bits per heavy atom. The average Bonchev–Trinajstić information content (AvgIpc) is 2.67. The summed E-state index contributed by atoms with van der Waals surface area (Å²) < 4.78 is 51.0. The zero-order valence-corrected chi connectivity index (χ0v) is 16.8. The Kier molecular flexibility index (Phi) is 5.60. The molecule has 2 aromatic carbocycles. The standard InChI is InChI=1S/C19H24N2O4S2/c1-26(22,23)18-11-19(14-21(13-18)16-7-3-2-4-8-16)27(24,25)17-9-5-6-15(10-17)12-20/h2-10,18-19H,11-14,20H2,1H3/t18-,19-/m1/s1. The zero-order valence-electron chi connectivity index (χ0n) is 15.2. The maximum absolute atomic E-state index is 13.2. The minimum atomic E-state index is -3.69. The first-order valence-corrected chi connectivity index (χ1v) is 12.2. The third-order valence-corrected chi connectivity index (χ3v) is 8.68. The largest absolute Gasteiger partial charge is 0.369 e. The Hall–Kier alpha value is -1.90. The molecule has 27 heavy (non-hydrogen) atoms. The van der Waals surface area contributed by atoms with Crippen LogP contribution in [0.25, 0.3) is 0 Å². The van der Waals surface area contributed by atoms with Crippen LogP contribution in [0, 0.1) is 0 Å². The zero-order chi connectivity index (χ0) is 19.7. The number of para-hydroxylation sites is 1. The minimum Gasteiger partial charge on any atom is -0.369 e. The summed E-state index contributed by atoms with van der Waals surface area (Å²) in [6.45, 7) is 0.791. The molecule has 0 unspecified atom stereocenters. The monoisotopic (exact) mass is 408 g/mol. The molecule has 0 saturated carbocycles. The van der Waals surface area contributed by atoms with E-state index in [2.05, 4.69) is 0 Å². The maximum Gasteiger partial charge on any atom is 0.183 e. The fraction of sp³-hybridized carbons (Fsp3) is 0.368. The van der Waals surface area contributed by atoms with Gasteiger partial charge in [-0.2, -0.15) is 0 Å². The summed E-state index contributed by atoms with van der Waals surface area (Å²) in [7, 11) is -7.07. The van der Waals surface area contributed by atoms with Gasteiger partial charge in [0.2, 0.25) is 0 Å². The quantitative estimate of drug-likeness (QED) is 0.807. The van der Waals surface area contributed by atoms with E-state index in [-0.39, 0.29) is 31.0 Å². The molecule has 0 aromatic heterocycles. The molecule has 3 rings (SSSR count). The van der Waals surface area contributed by atoms with Crippen molar-refractivity contribution in [2.45, 2.75) is 28.4 Å². The predicted octanol–water partition coefficient (Wildman–Crippen LogP) is 1.61. The number of hydrogen-bond acceptors (Lipinski definition) is 6. The van der Waals surface area contributed by atoms with Crippen molar-refractivity contribution in [2.75, 3.05) is 24.2 Å². The lowest BCUT2D eigenvalue weighted by Gasteiger charge is -2.38. The van der Waals surface area contributed by atoms with Gasteiger partial charge in [0, 0.05) is 31.6 Å². The van der Waals surface area contributed by atoms with Crippen LogP contribution in [0.1, 0.15) is 12.0 Å². The van der Waals surface area contributed by atoms with Crippen LogP contribution in [0.2, 0.25) is 0 Å². The topological polar surface area (TPSA) is 97.5 Å². The van der Waals surface area contributed by atoms with E-state index in [1.54, 1.807) is 24.3 Å². The number of nitrogens with zero attached hydrogens (tertiary/aromatic N) is 1. The van der Waals surface area contributed by atoms with Crippen LogP contribution in [0.5, 0.6) is 0 Å². The second-order valence-electron chi connectivity index (χ2n) is 6.95. The summed E-state index contributed by atoms with van der Waals surface area (Å²) in [6.07, 6.45) is 1.27. The fourth-order valence-electron chi connectivity index (χ4n) is 3.43. The fourth-order valence-corrected chi connectivity index (χ4v) is 6.42.